The lowest BCUT2D eigenvalue weighted by atomic mass is 10.1. The molecule has 5 heteroatoms. The maximum atomic E-state index is 5.68. The van der Waals surface area contributed by atoms with Gasteiger partial charge in [-0.2, -0.15) is 5.10 Å². The Labute approximate surface area is 87.2 Å². The summed E-state index contributed by atoms with van der Waals surface area (Å²) in [5.74, 6) is 0.678. The van der Waals surface area contributed by atoms with Gasteiger partial charge in [-0.1, -0.05) is 11.6 Å². The summed E-state index contributed by atoms with van der Waals surface area (Å²) in [7, 11) is 0. The summed E-state index contributed by atoms with van der Waals surface area (Å²) in [6.45, 7) is 1.52. The van der Waals surface area contributed by atoms with Gasteiger partial charge in [0.1, 0.15) is 11.9 Å². The van der Waals surface area contributed by atoms with Gasteiger partial charge in [-0.25, -0.2) is 0 Å². The van der Waals surface area contributed by atoms with E-state index in [-0.39, 0.29) is 6.10 Å². The van der Waals surface area contributed by atoms with Crippen molar-refractivity contribution in [2.45, 2.75) is 18.9 Å². The molecule has 0 bridgehead atoms. The first kappa shape index (κ1) is 9.68. The van der Waals surface area contributed by atoms with E-state index in [0.717, 1.165) is 26.1 Å². The Morgan fingerprint density at radius 1 is 1.43 bits per heavy atom. The van der Waals surface area contributed by atoms with Crippen LogP contribution in [0.5, 0.6) is 5.75 Å². The fraction of sp³-hybridized carbons (Fsp3) is 0.556. The van der Waals surface area contributed by atoms with Crippen molar-refractivity contribution in [1.82, 2.24) is 10.2 Å². The van der Waals surface area contributed by atoms with Gasteiger partial charge in [0.05, 0.1) is 19.4 Å². The maximum Gasteiger partial charge on any atom is 0.155 e. The Hall–Kier alpha value is -0.870. The molecule has 0 aliphatic carbocycles. The Morgan fingerprint density at radius 3 is 2.93 bits per heavy atom. The molecular weight excluding hydrogens is 204 g/mol. The summed E-state index contributed by atoms with van der Waals surface area (Å²) in [5, 5.41) is 7.71. The van der Waals surface area contributed by atoms with Crippen molar-refractivity contribution in [3.05, 3.63) is 17.4 Å². The smallest absolute Gasteiger partial charge is 0.155 e. The molecule has 0 amide bonds. The first-order chi connectivity index (χ1) is 6.84. The summed E-state index contributed by atoms with van der Waals surface area (Å²) in [4.78, 5) is 0. The highest BCUT2D eigenvalue weighted by Gasteiger charge is 2.15. The third-order valence-electron chi connectivity index (χ3n) is 2.07. The van der Waals surface area contributed by atoms with Crippen LogP contribution in [0.4, 0.5) is 0 Å². The zero-order valence-corrected chi connectivity index (χ0v) is 8.41. The van der Waals surface area contributed by atoms with E-state index < -0.39 is 0 Å². The normalized spacial score (nSPS) is 18.1. The molecule has 76 valence electrons. The largest absolute Gasteiger partial charge is 0.488 e. The lowest BCUT2D eigenvalue weighted by molar-refractivity contribution is 0.0254. The number of aromatic nitrogens is 2. The second-order valence-electron chi connectivity index (χ2n) is 3.14. The molecule has 0 aromatic carbocycles. The van der Waals surface area contributed by atoms with E-state index in [4.69, 9.17) is 21.1 Å². The van der Waals surface area contributed by atoms with Crippen LogP contribution in [0.3, 0.4) is 0 Å². The van der Waals surface area contributed by atoms with Gasteiger partial charge >= 0.3 is 0 Å². The third kappa shape index (κ3) is 2.56. The molecule has 1 aromatic heterocycles. The van der Waals surface area contributed by atoms with Crippen molar-refractivity contribution in [2.24, 2.45) is 0 Å². The topological polar surface area (TPSA) is 44.2 Å². The molecule has 0 spiro atoms. The highest BCUT2D eigenvalue weighted by molar-refractivity contribution is 6.29. The molecule has 1 saturated heterocycles. The number of nitrogens with zero attached hydrogens (tertiary/aromatic N) is 2. The standard InChI is InChI=1S/C9H11ClN2O2/c10-9-5-8(6-11-12-9)14-7-1-3-13-4-2-7/h5-7H,1-4H2. The van der Waals surface area contributed by atoms with Crippen LogP contribution < -0.4 is 4.74 Å². The zero-order chi connectivity index (χ0) is 9.80. The van der Waals surface area contributed by atoms with Crippen LogP contribution in [-0.2, 0) is 4.74 Å². The number of hydrogen-bond acceptors (Lipinski definition) is 4. The molecule has 0 saturated carbocycles. The SMILES string of the molecule is Clc1cc(OC2CCOCC2)cnn1. The monoisotopic (exact) mass is 214 g/mol. The molecule has 1 fully saturated rings. The van der Waals surface area contributed by atoms with Gasteiger partial charge in [0.15, 0.2) is 5.15 Å². The predicted molar refractivity (Wildman–Crippen MR) is 51.5 cm³/mol. The van der Waals surface area contributed by atoms with Crippen LogP contribution in [0.25, 0.3) is 0 Å². The molecule has 2 rings (SSSR count). The average Bonchev–Trinajstić information content (AvgIpc) is 2.19. The lowest BCUT2D eigenvalue weighted by Crippen LogP contribution is -2.25. The second kappa shape index (κ2) is 4.57. The number of hydrogen-bond donors (Lipinski definition) is 0. The first-order valence-corrected chi connectivity index (χ1v) is 4.95. The third-order valence-corrected chi connectivity index (χ3v) is 2.26. The summed E-state index contributed by atoms with van der Waals surface area (Å²) >= 11 is 5.68. The van der Waals surface area contributed by atoms with Crippen molar-refractivity contribution >= 4 is 11.6 Å². The summed E-state index contributed by atoms with van der Waals surface area (Å²) in [6.07, 6.45) is 3.62. The predicted octanol–water partition coefficient (Wildman–Crippen LogP) is 1.69. The van der Waals surface area contributed by atoms with Crippen molar-refractivity contribution in [2.75, 3.05) is 13.2 Å². The minimum absolute atomic E-state index is 0.212. The van der Waals surface area contributed by atoms with E-state index >= 15 is 0 Å². The summed E-state index contributed by atoms with van der Waals surface area (Å²) < 4.78 is 10.9. The van der Waals surface area contributed by atoms with Crippen LogP contribution in [-0.4, -0.2) is 29.5 Å². The molecule has 1 aromatic rings. The molecule has 14 heavy (non-hydrogen) atoms. The molecule has 0 radical (unpaired) electrons. The molecule has 0 atom stereocenters. The number of halogens is 1. The first-order valence-electron chi connectivity index (χ1n) is 4.57. The van der Waals surface area contributed by atoms with Gasteiger partial charge in [-0.15, -0.1) is 5.10 Å². The van der Waals surface area contributed by atoms with E-state index in [9.17, 15) is 0 Å². The molecule has 0 N–H and O–H groups in total. The van der Waals surface area contributed by atoms with Crippen molar-refractivity contribution in [3.8, 4) is 5.75 Å². The van der Waals surface area contributed by atoms with Crippen LogP contribution in [0.2, 0.25) is 5.15 Å². The fourth-order valence-electron chi connectivity index (χ4n) is 1.38. The fourth-order valence-corrected chi connectivity index (χ4v) is 1.53. The van der Waals surface area contributed by atoms with Crippen LogP contribution in [0, 0.1) is 0 Å². The molecule has 1 aliphatic rings. The van der Waals surface area contributed by atoms with Gasteiger partial charge in [0.2, 0.25) is 0 Å². The Kier molecular flexibility index (Phi) is 3.16. The van der Waals surface area contributed by atoms with E-state index in [0.29, 0.717) is 10.9 Å². The van der Waals surface area contributed by atoms with Gasteiger partial charge in [0, 0.05) is 18.9 Å². The molecule has 4 nitrogen and oxygen atoms in total. The molecule has 0 unspecified atom stereocenters. The molecular formula is C9H11ClN2O2. The minimum atomic E-state index is 0.212. The number of ether oxygens (including phenoxy) is 2. The van der Waals surface area contributed by atoms with Crippen molar-refractivity contribution in [3.63, 3.8) is 0 Å². The van der Waals surface area contributed by atoms with E-state index in [2.05, 4.69) is 10.2 Å². The van der Waals surface area contributed by atoms with Crippen molar-refractivity contribution < 1.29 is 9.47 Å². The van der Waals surface area contributed by atoms with Gasteiger partial charge in [-0.05, 0) is 0 Å². The van der Waals surface area contributed by atoms with Crippen LogP contribution in [0.15, 0.2) is 12.3 Å². The van der Waals surface area contributed by atoms with Gasteiger partial charge in [0.25, 0.3) is 0 Å². The quantitative estimate of drug-likeness (QED) is 0.752. The highest BCUT2D eigenvalue weighted by Crippen LogP contribution is 2.18. The Morgan fingerprint density at radius 2 is 2.21 bits per heavy atom. The Bertz CT molecular complexity index is 303. The van der Waals surface area contributed by atoms with E-state index in [1.165, 1.54) is 0 Å². The Balaban J connectivity index is 1.95. The highest BCUT2D eigenvalue weighted by atomic mass is 35.5. The minimum Gasteiger partial charge on any atom is -0.488 e. The van der Waals surface area contributed by atoms with Gasteiger partial charge in [-0.3, -0.25) is 0 Å². The van der Waals surface area contributed by atoms with E-state index in [1.807, 2.05) is 0 Å². The lowest BCUT2D eigenvalue weighted by Gasteiger charge is -2.22. The second-order valence-corrected chi connectivity index (χ2v) is 3.53. The summed E-state index contributed by atoms with van der Waals surface area (Å²) in [5.41, 5.74) is 0. The number of rotatable bonds is 2. The van der Waals surface area contributed by atoms with Crippen LogP contribution >= 0.6 is 11.6 Å². The molecule has 1 aliphatic heterocycles. The average molecular weight is 215 g/mol. The zero-order valence-electron chi connectivity index (χ0n) is 7.65. The maximum absolute atomic E-state index is 5.68. The van der Waals surface area contributed by atoms with Crippen molar-refractivity contribution in [1.29, 1.82) is 0 Å². The van der Waals surface area contributed by atoms with Crippen LogP contribution in [0.1, 0.15) is 12.8 Å². The van der Waals surface area contributed by atoms with E-state index in [1.54, 1.807) is 12.3 Å². The summed E-state index contributed by atoms with van der Waals surface area (Å²) in [6, 6.07) is 1.67. The van der Waals surface area contributed by atoms with Gasteiger partial charge < -0.3 is 9.47 Å². The molecule has 2 heterocycles.